The summed E-state index contributed by atoms with van der Waals surface area (Å²) in [6.45, 7) is 3.68. The number of pyridine rings is 1. The summed E-state index contributed by atoms with van der Waals surface area (Å²) < 4.78 is 5.46. The molecule has 16 heavy (non-hydrogen) atoms. The van der Waals surface area contributed by atoms with Crippen molar-refractivity contribution in [3.63, 3.8) is 0 Å². The fourth-order valence-electron chi connectivity index (χ4n) is 1.66. The molecule has 1 N–H and O–H groups in total. The van der Waals surface area contributed by atoms with Crippen LogP contribution in [-0.4, -0.2) is 23.2 Å². The van der Waals surface area contributed by atoms with Gasteiger partial charge in [0, 0.05) is 16.1 Å². The number of carbonyl (C=O) groups is 1. The van der Waals surface area contributed by atoms with E-state index in [-0.39, 0.29) is 10.6 Å². The molecule has 0 spiro atoms. The van der Waals surface area contributed by atoms with Crippen molar-refractivity contribution in [2.45, 2.75) is 13.8 Å². The fourth-order valence-corrected chi connectivity index (χ4v) is 2.83. The Balaban J connectivity index is 2.78. The first-order chi connectivity index (χ1) is 7.54. The predicted molar refractivity (Wildman–Crippen MR) is 62.1 cm³/mol. The maximum Gasteiger partial charge on any atom is 0.351 e. The third-order valence-electron chi connectivity index (χ3n) is 2.33. The van der Waals surface area contributed by atoms with Gasteiger partial charge in [-0.1, -0.05) is 0 Å². The molecule has 0 aliphatic carbocycles. The summed E-state index contributed by atoms with van der Waals surface area (Å²) in [5.41, 5.74) is 1.58. The second-order valence-electron chi connectivity index (χ2n) is 3.49. The highest BCUT2D eigenvalue weighted by Gasteiger charge is 2.20. The van der Waals surface area contributed by atoms with Gasteiger partial charge < -0.3 is 9.84 Å². The number of aryl methyl sites for hydroxylation is 2. The molecular weight excluding hydrogens is 226 g/mol. The van der Waals surface area contributed by atoms with Gasteiger partial charge in [-0.3, -0.25) is 4.98 Å². The number of hydrogen-bond donors (Lipinski definition) is 1. The molecular formula is C11H11NO3S. The molecule has 2 rings (SSSR count). The first-order valence-electron chi connectivity index (χ1n) is 4.72. The lowest BCUT2D eigenvalue weighted by Gasteiger charge is -1.98. The van der Waals surface area contributed by atoms with Gasteiger partial charge in [0.25, 0.3) is 0 Å². The van der Waals surface area contributed by atoms with E-state index < -0.39 is 5.97 Å². The molecule has 2 aromatic heterocycles. The van der Waals surface area contributed by atoms with Gasteiger partial charge in [0.1, 0.15) is 0 Å². The lowest BCUT2D eigenvalue weighted by molar-refractivity contribution is 0.0603. The van der Waals surface area contributed by atoms with Crippen LogP contribution in [0.25, 0.3) is 10.1 Å². The Labute approximate surface area is 96.5 Å². The van der Waals surface area contributed by atoms with Gasteiger partial charge in [-0.05, 0) is 19.9 Å². The van der Waals surface area contributed by atoms with Gasteiger partial charge in [-0.25, -0.2) is 4.79 Å². The second kappa shape index (κ2) is 3.75. The van der Waals surface area contributed by atoms with Crippen molar-refractivity contribution in [1.82, 2.24) is 4.98 Å². The van der Waals surface area contributed by atoms with Gasteiger partial charge in [0.05, 0.1) is 12.5 Å². The summed E-state index contributed by atoms with van der Waals surface area (Å²) >= 11 is 1.22. The smallest absolute Gasteiger partial charge is 0.351 e. The maximum absolute atomic E-state index is 11.4. The zero-order chi connectivity index (χ0) is 11.9. The van der Waals surface area contributed by atoms with E-state index in [2.05, 4.69) is 9.72 Å². The zero-order valence-corrected chi connectivity index (χ0v) is 10.0. The first kappa shape index (κ1) is 10.9. The van der Waals surface area contributed by atoms with E-state index in [1.54, 1.807) is 0 Å². The lowest BCUT2D eigenvalue weighted by Crippen LogP contribution is -1.97. The SMILES string of the molecule is COC(=O)c1sc2cc(C)nc(C)c2c1O. The van der Waals surface area contributed by atoms with E-state index >= 15 is 0 Å². The highest BCUT2D eigenvalue weighted by atomic mass is 32.1. The number of ether oxygens (including phenoxy) is 1. The topological polar surface area (TPSA) is 59.4 Å². The van der Waals surface area contributed by atoms with Crippen molar-refractivity contribution in [3.8, 4) is 5.75 Å². The number of carbonyl (C=O) groups excluding carboxylic acids is 1. The zero-order valence-electron chi connectivity index (χ0n) is 9.20. The summed E-state index contributed by atoms with van der Waals surface area (Å²) in [5.74, 6) is -0.549. The molecule has 0 aliphatic rings. The minimum absolute atomic E-state index is 0.0307. The maximum atomic E-state index is 11.4. The van der Waals surface area contributed by atoms with E-state index in [1.165, 1.54) is 18.4 Å². The number of fused-ring (bicyclic) bond motifs is 1. The van der Waals surface area contributed by atoms with Crippen LogP contribution in [0.15, 0.2) is 6.07 Å². The summed E-state index contributed by atoms with van der Waals surface area (Å²) in [7, 11) is 1.29. The predicted octanol–water partition coefficient (Wildman–Crippen LogP) is 2.41. The molecule has 0 radical (unpaired) electrons. The van der Waals surface area contributed by atoms with E-state index in [4.69, 9.17) is 0 Å². The Kier molecular flexibility index (Phi) is 2.55. The molecule has 84 valence electrons. The molecule has 0 amide bonds. The number of esters is 1. The highest BCUT2D eigenvalue weighted by molar-refractivity contribution is 7.21. The molecule has 2 heterocycles. The number of aromatic hydroxyl groups is 1. The van der Waals surface area contributed by atoms with Crippen molar-refractivity contribution in [2.75, 3.05) is 7.11 Å². The molecule has 0 saturated heterocycles. The monoisotopic (exact) mass is 237 g/mol. The van der Waals surface area contributed by atoms with Crippen LogP contribution in [0.1, 0.15) is 21.1 Å². The molecule has 5 heteroatoms. The minimum Gasteiger partial charge on any atom is -0.505 e. The van der Waals surface area contributed by atoms with Crippen LogP contribution < -0.4 is 0 Å². The van der Waals surface area contributed by atoms with E-state index in [0.29, 0.717) is 5.39 Å². The third kappa shape index (κ3) is 1.53. The number of nitrogens with zero attached hydrogens (tertiary/aromatic N) is 1. The lowest BCUT2D eigenvalue weighted by atomic mass is 10.2. The summed E-state index contributed by atoms with van der Waals surface area (Å²) in [6.07, 6.45) is 0. The molecule has 0 atom stereocenters. The largest absolute Gasteiger partial charge is 0.505 e. The highest BCUT2D eigenvalue weighted by Crippen LogP contribution is 2.38. The van der Waals surface area contributed by atoms with Crippen LogP contribution in [0, 0.1) is 13.8 Å². The van der Waals surface area contributed by atoms with Crippen molar-refractivity contribution in [3.05, 3.63) is 22.3 Å². The molecule has 0 fully saturated rings. The van der Waals surface area contributed by atoms with Crippen molar-refractivity contribution >= 4 is 27.4 Å². The molecule has 2 aromatic rings. The van der Waals surface area contributed by atoms with Crippen LogP contribution in [0.3, 0.4) is 0 Å². The van der Waals surface area contributed by atoms with E-state index in [0.717, 1.165) is 16.1 Å². The third-order valence-corrected chi connectivity index (χ3v) is 3.43. The fraction of sp³-hybridized carbons (Fsp3) is 0.273. The quantitative estimate of drug-likeness (QED) is 0.774. The molecule has 0 aliphatic heterocycles. The Hall–Kier alpha value is -1.62. The standard InChI is InChI=1S/C11H11NO3S/c1-5-4-7-8(6(2)12-5)9(13)10(16-7)11(14)15-3/h4,13H,1-3H3. The Bertz CT molecular complexity index is 574. The molecule has 0 saturated carbocycles. The molecule has 0 unspecified atom stereocenters. The van der Waals surface area contributed by atoms with Crippen molar-refractivity contribution in [2.24, 2.45) is 0 Å². The van der Waals surface area contributed by atoms with E-state index in [1.807, 2.05) is 19.9 Å². The summed E-state index contributed by atoms with van der Waals surface area (Å²) in [6, 6.07) is 1.85. The Morgan fingerprint density at radius 3 is 2.81 bits per heavy atom. The number of aromatic nitrogens is 1. The van der Waals surface area contributed by atoms with Gasteiger partial charge in [0.2, 0.25) is 0 Å². The van der Waals surface area contributed by atoms with Crippen molar-refractivity contribution in [1.29, 1.82) is 0 Å². The Morgan fingerprint density at radius 1 is 1.50 bits per heavy atom. The second-order valence-corrected chi connectivity index (χ2v) is 4.55. The van der Waals surface area contributed by atoms with Crippen LogP contribution >= 0.6 is 11.3 Å². The number of methoxy groups -OCH3 is 1. The Morgan fingerprint density at radius 2 is 2.19 bits per heavy atom. The van der Waals surface area contributed by atoms with Gasteiger partial charge >= 0.3 is 5.97 Å². The van der Waals surface area contributed by atoms with E-state index in [9.17, 15) is 9.90 Å². The molecule has 0 bridgehead atoms. The van der Waals surface area contributed by atoms with Gasteiger partial charge in [-0.15, -0.1) is 11.3 Å². The van der Waals surface area contributed by atoms with Gasteiger partial charge in [-0.2, -0.15) is 0 Å². The summed E-state index contributed by atoms with van der Waals surface area (Å²) in [4.78, 5) is 15.9. The average molecular weight is 237 g/mol. The normalized spacial score (nSPS) is 10.7. The number of thiophene rings is 1. The first-order valence-corrected chi connectivity index (χ1v) is 5.54. The molecule has 0 aromatic carbocycles. The van der Waals surface area contributed by atoms with Crippen LogP contribution in [0.2, 0.25) is 0 Å². The number of rotatable bonds is 1. The van der Waals surface area contributed by atoms with Crippen LogP contribution in [0.5, 0.6) is 5.75 Å². The molecule has 4 nitrogen and oxygen atoms in total. The van der Waals surface area contributed by atoms with Crippen molar-refractivity contribution < 1.29 is 14.6 Å². The number of hydrogen-bond acceptors (Lipinski definition) is 5. The average Bonchev–Trinajstić information content (AvgIpc) is 2.54. The van der Waals surface area contributed by atoms with Crippen LogP contribution in [0.4, 0.5) is 0 Å². The van der Waals surface area contributed by atoms with Gasteiger partial charge in [0.15, 0.2) is 10.6 Å². The minimum atomic E-state index is -0.518. The van der Waals surface area contributed by atoms with Crippen LogP contribution in [-0.2, 0) is 4.74 Å². The summed E-state index contributed by atoms with van der Waals surface area (Å²) in [5, 5.41) is 10.6.